The van der Waals surface area contributed by atoms with Gasteiger partial charge in [-0.25, -0.2) is 4.98 Å². The van der Waals surface area contributed by atoms with Crippen molar-refractivity contribution < 1.29 is 4.79 Å². The topological polar surface area (TPSA) is 62.5 Å². The fourth-order valence-electron chi connectivity index (χ4n) is 3.81. The zero-order valence-electron chi connectivity index (χ0n) is 14.3. The maximum atomic E-state index is 12.5. The molecule has 2 N–H and O–H groups in total. The standard InChI is InChI=1S/C18H24N4OS.ClH/c19-14-5-3-4-13(14)12-17(23)21-8-10-22(11-9-21)18-20-15-6-1-2-7-16(15)24-18;/h1-2,6-7,13-14H,3-5,8-12,19H2;1H/t13-,14+;/m0./s1. The Balaban J connectivity index is 0.00000182. The summed E-state index contributed by atoms with van der Waals surface area (Å²) in [7, 11) is 0. The van der Waals surface area contributed by atoms with Crippen molar-refractivity contribution in [1.29, 1.82) is 0 Å². The smallest absolute Gasteiger partial charge is 0.223 e. The van der Waals surface area contributed by atoms with E-state index in [0.29, 0.717) is 12.3 Å². The molecule has 2 heterocycles. The van der Waals surface area contributed by atoms with E-state index < -0.39 is 0 Å². The van der Waals surface area contributed by atoms with Crippen molar-refractivity contribution in [2.45, 2.75) is 31.7 Å². The fraction of sp³-hybridized carbons (Fsp3) is 0.556. The van der Waals surface area contributed by atoms with E-state index in [0.717, 1.165) is 49.7 Å². The number of anilines is 1. The zero-order chi connectivity index (χ0) is 16.5. The Hall–Kier alpha value is -1.37. The quantitative estimate of drug-likeness (QED) is 0.889. The number of aromatic nitrogens is 1. The molecule has 1 saturated heterocycles. The van der Waals surface area contributed by atoms with Crippen LogP contribution < -0.4 is 10.6 Å². The average Bonchev–Trinajstić information content (AvgIpc) is 3.21. The number of rotatable bonds is 3. The largest absolute Gasteiger partial charge is 0.345 e. The normalized spacial score (nSPS) is 23.7. The number of fused-ring (bicyclic) bond motifs is 1. The van der Waals surface area contributed by atoms with Crippen molar-refractivity contribution in [2.75, 3.05) is 31.1 Å². The Kier molecular flexibility index (Phi) is 5.81. The number of nitrogens with two attached hydrogens (primary N) is 1. The maximum absolute atomic E-state index is 12.5. The third-order valence-electron chi connectivity index (χ3n) is 5.34. The first-order valence-corrected chi connectivity index (χ1v) is 9.66. The summed E-state index contributed by atoms with van der Waals surface area (Å²) in [5.74, 6) is 0.668. The molecule has 2 aromatic rings. The molecule has 1 aliphatic carbocycles. The number of piperazine rings is 1. The van der Waals surface area contributed by atoms with Crippen molar-refractivity contribution in [1.82, 2.24) is 9.88 Å². The molecule has 1 aromatic heterocycles. The lowest BCUT2D eigenvalue weighted by Crippen LogP contribution is -2.49. The van der Waals surface area contributed by atoms with Crippen LogP contribution >= 0.6 is 23.7 Å². The highest BCUT2D eigenvalue weighted by Gasteiger charge is 2.29. The second-order valence-corrected chi connectivity index (χ2v) is 7.90. The number of benzene rings is 1. The van der Waals surface area contributed by atoms with E-state index >= 15 is 0 Å². The Morgan fingerprint density at radius 2 is 1.96 bits per heavy atom. The summed E-state index contributed by atoms with van der Waals surface area (Å²) >= 11 is 1.73. The number of para-hydroxylation sites is 1. The summed E-state index contributed by atoms with van der Waals surface area (Å²) < 4.78 is 1.22. The third-order valence-corrected chi connectivity index (χ3v) is 6.44. The highest BCUT2D eigenvalue weighted by Crippen LogP contribution is 2.30. The maximum Gasteiger partial charge on any atom is 0.223 e. The number of hydrogen-bond donors (Lipinski definition) is 1. The van der Waals surface area contributed by atoms with E-state index in [-0.39, 0.29) is 24.4 Å². The Morgan fingerprint density at radius 1 is 1.20 bits per heavy atom. The molecule has 1 aliphatic heterocycles. The molecule has 0 spiro atoms. The molecule has 136 valence electrons. The van der Waals surface area contributed by atoms with Gasteiger partial charge in [0, 0.05) is 38.6 Å². The van der Waals surface area contributed by atoms with Gasteiger partial charge in [0.1, 0.15) is 0 Å². The van der Waals surface area contributed by atoms with Gasteiger partial charge in [-0.15, -0.1) is 12.4 Å². The molecule has 4 rings (SSSR count). The van der Waals surface area contributed by atoms with E-state index in [9.17, 15) is 4.79 Å². The molecule has 0 radical (unpaired) electrons. The predicted octanol–water partition coefficient (Wildman–Crippen LogP) is 2.88. The lowest BCUT2D eigenvalue weighted by molar-refractivity contribution is -0.132. The van der Waals surface area contributed by atoms with Crippen molar-refractivity contribution in [3.63, 3.8) is 0 Å². The Bertz CT molecular complexity index is 696. The molecule has 2 atom stereocenters. The lowest BCUT2D eigenvalue weighted by Gasteiger charge is -2.35. The van der Waals surface area contributed by atoms with E-state index in [1.165, 1.54) is 11.1 Å². The number of hydrogen-bond acceptors (Lipinski definition) is 5. The molecular weight excluding hydrogens is 356 g/mol. The first-order valence-electron chi connectivity index (χ1n) is 8.84. The summed E-state index contributed by atoms with van der Waals surface area (Å²) in [6.07, 6.45) is 3.98. The van der Waals surface area contributed by atoms with Gasteiger partial charge in [-0.05, 0) is 30.9 Å². The first kappa shape index (κ1) is 18.4. The monoisotopic (exact) mass is 380 g/mol. The van der Waals surface area contributed by atoms with Crippen LogP contribution in [0.15, 0.2) is 24.3 Å². The van der Waals surface area contributed by atoms with Crippen molar-refractivity contribution >= 4 is 45.0 Å². The number of carbonyl (C=O) groups is 1. The molecule has 25 heavy (non-hydrogen) atoms. The molecule has 5 nitrogen and oxygen atoms in total. The molecular formula is C18H25ClN4OS. The summed E-state index contributed by atoms with van der Waals surface area (Å²) in [5, 5.41) is 1.07. The molecule has 0 bridgehead atoms. The van der Waals surface area contributed by atoms with Crippen LogP contribution in [0.2, 0.25) is 0 Å². The van der Waals surface area contributed by atoms with Gasteiger partial charge in [-0.3, -0.25) is 4.79 Å². The molecule has 0 unspecified atom stereocenters. The van der Waals surface area contributed by atoms with Crippen LogP contribution in [0.1, 0.15) is 25.7 Å². The molecule has 1 saturated carbocycles. The molecule has 1 aromatic carbocycles. The number of carbonyl (C=O) groups excluding carboxylic acids is 1. The van der Waals surface area contributed by atoms with Crippen LogP contribution in [0.25, 0.3) is 10.2 Å². The first-order chi connectivity index (χ1) is 11.7. The van der Waals surface area contributed by atoms with Gasteiger partial charge in [0.15, 0.2) is 5.13 Å². The van der Waals surface area contributed by atoms with Crippen LogP contribution in [0.4, 0.5) is 5.13 Å². The van der Waals surface area contributed by atoms with Crippen LogP contribution in [0, 0.1) is 5.92 Å². The van der Waals surface area contributed by atoms with Crippen LogP contribution in [0.3, 0.4) is 0 Å². The second-order valence-electron chi connectivity index (χ2n) is 6.89. The average molecular weight is 381 g/mol. The van der Waals surface area contributed by atoms with Gasteiger partial charge in [0.25, 0.3) is 0 Å². The van der Waals surface area contributed by atoms with E-state index in [1.54, 1.807) is 11.3 Å². The van der Waals surface area contributed by atoms with Gasteiger partial charge in [-0.2, -0.15) is 0 Å². The number of nitrogens with zero attached hydrogens (tertiary/aromatic N) is 3. The summed E-state index contributed by atoms with van der Waals surface area (Å²) in [6, 6.07) is 8.46. The number of halogens is 1. The summed E-state index contributed by atoms with van der Waals surface area (Å²) in [6.45, 7) is 3.30. The molecule has 1 amide bonds. The number of thiazole rings is 1. The minimum Gasteiger partial charge on any atom is -0.345 e. The van der Waals surface area contributed by atoms with Crippen LogP contribution in [0.5, 0.6) is 0 Å². The van der Waals surface area contributed by atoms with Crippen molar-refractivity contribution in [3.8, 4) is 0 Å². The van der Waals surface area contributed by atoms with Crippen LogP contribution in [-0.2, 0) is 4.79 Å². The molecule has 7 heteroatoms. The summed E-state index contributed by atoms with van der Waals surface area (Å²) in [4.78, 5) is 21.6. The van der Waals surface area contributed by atoms with E-state index in [1.807, 2.05) is 11.0 Å². The minimum atomic E-state index is 0. The zero-order valence-corrected chi connectivity index (χ0v) is 15.9. The summed E-state index contributed by atoms with van der Waals surface area (Å²) in [5.41, 5.74) is 7.17. The lowest BCUT2D eigenvalue weighted by atomic mass is 9.99. The van der Waals surface area contributed by atoms with Crippen LogP contribution in [-0.4, -0.2) is 48.0 Å². The highest BCUT2D eigenvalue weighted by atomic mass is 35.5. The van der Waals surface area contributed by atoms with Crippen molar-refractivity contribution in [3.05, 3.63) is 24.3 Å². The fourth-order valence-corrected chi connectivity index (χ4v) is 4.83. The van der Waals surface area contributed by atoms with Gasteiger partial charge in [-0.1, -0.05) is 29.9 Å². The minimum absolute atomic E-state index is 0. The van der Waals surface area contributed by atoms with E-state index in [4.69, 9.17) is 10.7 Å². The SMILES string of the molecule is Cl.N[C@@H]1CCC[C@H]1CC(=O)N1CCN(c2nc3ccccc3s2)CC1. The number of amides is 1. The molecule has 2 fully saturated rings. The van der Waals surface area contributed by atoms with Gasteiger partial charge >= 0.3 is 0 Å². The van der Waals surface area contributed by atoms with Gasteiger partial charge in [0.2, 0.25) is 5.91 Å². The third kappa shape index (κ3) is 3.91. The second kappa shape index (κ2) is 7.89. The Morgan fingerprint density at radius 3 is 2.64 bits per heavy atom. The van der Waals surface area contributed by atoms with E-state index in [2.05, 4.69) is 23.1 Å². The van der Waals surface area contributed by atoms with Gasteiger partial charge < -0.3 is 15.5 Å². The Labute approximate surface area is 158 Å². The molecule has 2 aliphatic rings. The highest BCUT2D eigenvalue weighted by molar-refractivity contribution is 7.22. The predicted molar refractivity (Wildman–Crippen MR) is 106 cm³/mol. The van der Waals surface area contributed by atoms with Crippen molar-refractivity contribution in [2.24, 2.45) is 11.7 Å². The van der Waals surface area contributed by atoms with Gasteiger partial charge in [0.05, 0.1) is 10.2 Å².